The maximum atomic E-state index is 12.3. The van der Waals surface area contributed by atoms with Crippen LogP contribution in [0.5, 0.6) is 0 Å². The molecule has 126 valence electrons. The molecular formula is C14H18N2O5S2. The summed E-state index contributed by atoms with van der Waals surface area (Å²) < 4.78 is 51.7. The van der Waals surface area contributed by atoms with Crippen LogP contribution in [-0.2, 0) is 24.8 Å². The molecule has 2 aliphatic rings. The van der Waals surface area contributed by atoms with Gasteiger partial charge in [0.2, 0.25) is 26.0 Å². The molecule has 1 amide bonds. The average molecular weight is 358 g/mol. The molecule has 0 unspecified atom stereocenters. The Morgan fingerprint density at radius 1 is 1.09 bits per heavy atom. The average Bonchev–Trinajstić information content (AvgIpc) is 3.07. The molecule has 0 spiro atoms. The highest BCUT2D eigenvalue weighted by atomic mass is 32.2. The van der Waals surface area contributed by atoms with Crippen LogP contribution in [0, 0.1) is 0 Å². The second-order valence-electron chi connectivity index (χ2n) is 5.82. The van der Waals surface area contributed by atoms with Gasteiger partial charge in [0.15, 0.2) is 0 Å². The zero-order valence-electron chi connectivity index (χ0n) is 12.4. The van der Waals surface area contributed by atoms with Crippen LogP contribution < -0.4 is 9.03 Å². The number of nitrogens with zero attached hydrogens (tertiary/aromatic N) is 1. The molecule has 1 N–H and O–H groups in total. The van der Waals surface area contributed by atoms with E-state index in [0.29, 0.717) is 0 Å². The minimum absolute atomic E-state index is 0.0415. The normalized spacial score (nSPS) is 21.9. The van der Waals surface area contributed by atoms with Crippen LogP contribution >= 0.6 is 0 Å². The fourth-order valence-corrected chi connectivity index (χ4v) is 5.73. The first-order valence-corrected chi connectivity index (χ1v) is 10.6. The lowest BCUT2D eigenvalue weighted by Gasteiger charge is -2.16. The second-order valence-corrected chi connectivity index (χ2v) is 9.47. The van der Waals surface area contributed by atoms with E-state index in [1.165, 1.54) is 24.3 Å². The molecule has 1 aromatic rings. The molecule has 2 fully saturated rings. The number of hydrogen-bond donors (Lipinski definition) is 1. The van der Waals surface area contributed by atoms with Crippen molar-refractivity contribution in [2.75, 3.05) is 10.1 Å². The van der Waals surface area contributed by atoms with Gasteiger partial charge in [-0.3, -0.25) is 4.79 Å². The van der Waals surface area contributed by atoms with Crippen molar-refractivity contribution in [3.05, 3.63) is 24.3 Å². The topological polar surface area (TPSA) is 101 Å². The predicted octanol–water partition coefficient (Wildman–Crippen LogP) is 0.974. The third-order valence-corrected chi connectivity index (χ3v) is 7.36. The Morgan fingerprint density at radius 2 is 1.70 bits per heavy atom. The van der Waals surface area contributed by atoms with E-state index in [4.69, 9.17) is 0 Å². The molecule has 1 saturated heterocycles. The molecule has 0 radical (unpaired) electrons. The summed E-state index contributed by atoms with van der Waals surface area (Å²) in [5.41, 5.74) is 0.173. The maximum absolute atomic E-state index is 12.3. The van der Waals surface area contributed by atoms with Crippen molar-refractivity contribution in [2.45, 2.75) is 43.0 Å². The number of nitrogens with one attached hydrogen (secondary N) is 1. The number of carbonyl (C=O) groups is 1. The highest BCUT2D eigenvalue weighted by Gasteiger charge is 2.36. The van der Waals surface area contributed by atoms with Crippen molar-refractivity contribution in [2.24, 2.45) is 0 Å². The van der Waals surface area contributed by atoms with Gasteiger partial charge in [-0.1, -0.05) is 12.8 Å². The Hall–Kier alpha value is -1.45. The number of carbonyl (C=O) groups excluding carboxylic acids is 1. The van der Waals surface area contributed by atoms with Gasteiger partial charge in [0.25, 0.3) is 0 Å². The van der Waals surface area contributed by atoms with E-state index < -0.39 is 26.0 Å². The van der Waals surface area contributed by atoms with Crippen LogP contribution in [0.4, 0.5) is 5.69 Å². The molecule has 23 heavy (non-hydrogen) atoms. The van der Waals surface area contributed by atoms with Gasteiger partial charge in [0.1, 0.15) is 0 Å². The third-order valence-electron chi connectivity index (χ3n) is 4.14. The summed E-state index contributed by atoms with van der Waals surface area (Å²) in [6.45, 7) is 0. The van der Waals surface area contributed by atoms with E-state index in [0.717, 1.165) is 30.0 Å². The Labute approximate surface area is 135 Å². The van der Waals surface area contributed by atoms with E-state index in [1.807, 2.05) is 0 Å². The predicted molar refractivity (Wildman–Crippen MR) is 84.9 cm³/mol. The molecule has 1 saturated carbocycles. The Kier molecular flexibility index (Phi) is 4.19. The van der Waals surface area contributed by atoms with Crippen LogP contribution in [0.2, 0.25) is 0 Å². The van der Waals surface area contributed by atoms with E-state index in [-0.39, 0.29) is 28.8 Å². The summed E-state index contributed by atoms with van der Waals surface area (Å²) in [6, 6.07) is 5.32. The summed E-state index contributed by atoms with van der Waals surface area (Å²) in [7, 11) is -7.27. The number of anilines is 1. The lowest BCUT2D eigenvalue weighted by molar-refractivity contribution is -0.116. The van der Waals surface area contributed by atoms with Crippen LogP contribution in [0.25, 0.3) is 0 Å². The molecule has 7 nitrogen and oxygen atoms in total. The summed E-state index contributed by atoms with van der Waals surface area (Å²) in [4.78, 5) is 11.8. The highest BCUT2D eigenvalue weighted by Crippen LogP contribution is 2.27. The van der Waals surface area contributed by atoms with Crippen molar-refractivity contribution in [1.29, 1.82) is 0 Å². The van der Waals surface area contributed by atoms with Crippen LogP contribution in [-0.4, -0.2) is 34.5 Å². The number of amides is 1. The molecule has 1 heterocycles. The van der Waals surface area contributed by atoms with E-state index in [9.17, 15) is 21.6 Å². The molecule has 0 bridgehead atoms. The lowest BCUT2D eigenvalue weighted by atomic mass is 10.3. The first-order valence-electron chi connectivity index (χ1n) is 7.48. The zero-order chi connectivity index (χ0) is 16.7. The SMILES string of the molecule is O=C1CCS(=O)(=O)N1c1ccc(S(=O)(=O)NC2CCCC2)cc1. The molecule has 1 aliphatic carbocycles. The van der Waals surface area contributed by atoms with Gasteiger partial charge < -0.3 is 0 Å². The Morgan fingerprint density at radius 3 is 2.22 bits per heavy atom. The maximum Gasteiger partial charge on any atom is 0.242 e. The first kappa shape index (κ1) is 16.4. The van der Waals surface area contributed by atoms with Crippen molar-refractivity contribution < 1.29 is 21.6 Å². The summed E-state index contributed by atoms with van der Waals surface area (Å²) in [5.74, 6) is -0.709. The number of hydrogen-bond acceptors (Lipinski definition) is 5. The largest absolute Gasteiger partial charge is 0.273 e. The number of rotatable bonds is 4. The van der Waals surface area contributed by atoms with E-state index >= 15 is 0 Å². The molecule has 9 heteroatoms. The Bertz CT molecular complexity index is 809. The lowest BCUT2D eigenvalue weighted by Crippen LogP contribution is -2.32. The van der Waals surface area contributed by atoms with Gasteiger partial charge in [0, 0.05) is 12.5 Å². The van der Waals surface area contributed by atoms with Gasteiger partial charge in [-0.15, -0.1) is 0 Å². The zero-order valence-corrected chi connectivity index (χ0v) is 14.1. The Balaban J connectivity index is 1.83. The van der Waals surface area contributed by atoms with E-state index in [1.54, 1.807) is 0 Å². The monoisotopic (exact) mass is 358 g/mol. The summed E-state index contributed by atoms with van der Waals surface area (Å²) in [5, 5.41) is 0. The molecule has 1 aromatic carbocycles. The minimum atomic E-state index is -3.64. The van der Waals surface area contributed by atoms with E-state index in [2.05, 4.69) is 4.72 Å². The van der Waals surface area contributed by atoms with Gasteiger partial charge in [-0.05, 0) is 37.1 Å². The molecule has 0 atom stereocenters. The van der Waals surface area contributed by atoms with Gasteiger partial charge in [0.05, 0.1) is 16.3 Å². The molecular weight excluding hydrogens is 340 g/mol. The smallest absolute Gasteiger partial charge is 0.242 e. The van der Waals surface area contributed by atoms with Crippen LogP contribution in [0.3, 0.4) is 0 Å². The standard InChI is InChI=1S/C14H18N2O5S2/c17-14-9-10-22(18,19)16(14)12-5-7-13(8-6-12)23(20,21)15-11-3-1-2-4-11/h5-8,11,15H,1-4,9-10H2. The molecule has 0 aromatic heterocycles. The molecule has 3 rings (SSSR count). The van der Waals surface area contributed by atoms with Gasteiger partial charge in [-0.25, -0.2) is 25.9 Å². The van der Waals surface area contributed by atoms with Crippen molar-refractivity contribution >= 4 is 31.6 Å². The third kappa shape index (κ3) is 3.26. The fourth-order valence-electron chi connectivity index (χ4n) is 2.96. The minimum Gasteiger partial charge on any atom is -0.273 e. The van der Waals surface area contributed by atoms with Gasteiger partial charge >= 0.3 is 0 Å². The number of benzene rings is 1. The fraction of sp³-hybridized carbons (Fsp3) is 0.500. The first-order chi connectivity index (χ1) is 10.8. The van der Waals surface area contributed by atoms with Crippen LogP contribution in [0.15, 0.2) is 29.2 Å². The quantitative estimate of drug-likeness (QED) is 0.864. The van der Waals surface area contributed by atoms with Crippen molar-refractivity contribution in [1.82, 2.24) is 4.72 Å². The summed E-state index contributed by atoms with van der Waals surface area (Å²) >= 11 is 0. The highest BCUT2D eigenvalue weighted by molar-refractivity contribution is 7.94. The number of sulfonamides is 2. The second kappa shape index (κ2) is 5.88. The molecule has 1 aliphatic heterocycles. The summed E-state index contributed by atoms with van der Waals surface area (Å²) in [6.07, 6.45) is 3.64. The van der Waals surface area contributed by atoms with Crippen molar-refractivity contribution in [3.8, 4) is 0 Å². The van der Waals surface area contributed by atoms with Gasteiger partial charge in [-0.2, -0.15) is 0 Å². The van der Waals surface area contributed by atoms with Crippen molar-refractivity contribution in [3.63, 3.8) is 0 Å². The van der Waals surface area contributed by atoms with Crippen LogP contribution in [0.1, 0.15) is 32.1 Å².